The smallest absolute Gasteiger partial charge is 0.288 e. The highest BCUT2D eigenvalue weighted by molar-refractivity contribution is 5.88. The number of nitrogens with zero attached hydrogens (tertiary/aromatic N) is 3. The molecule has 2 aromatic rings. The monoisotopic (exact) mass is 374 g/mol. The number of benzene rings is 1. The molecule has 5 N–H and O–H groups in total. The molecule has 1 aliphatic rings. The number of methoxy groups -OCH3 is 1. The number of primary amides is 1. The summed E-state index contributed by atoms with van der Waals surface area (Å²) in [5, 5.41) is 33.2. The Morgan fingerprint density at radius 3 is 2.56 bits per heavy atom. The van der Waals surface area contributed by atoms with E-state index < -0.39 is 37.1 Å². The van der Waals surface area contributed by atoms with E-state index in [4.69, 9.17) is 15.2 Å². The van der Waals surface area contributed by atoms with Crippen molar-refractivity contribution in [3.8, 4) is 17.6 Å². The van der Waals surface area contributed by atoms with Crippen molar-refractivity contribution >= 4 is 5.91 Å². The highest BCUT2D eigenvalue weighted by atomic mass is 16.6. The van der Waals surface area contributed by atoms with Gasteiger partial charge < -0.3 is 30.5 Å². The lowest BCUT2D eigenvalue weighted by atomic mass is 10.1. The van der Waals surface area contributed by atoms with Crippen LogP contribution in [0.2, 0.25) is 0 Å². The SMILES string of the molecule is COc1ccc(C#Cc2nc(C(N)=O)nn2[C@@H]2O[C@H](CO)[C@@H](O)[C@H]2O)cc1. The number of aliphatic hydroxyl groups is 3. The summed E-state index contributed by atoms with van der Waals surface area (Å²) < 4.78 is 11.6. The standard InChI is InChI=1S/C17H18N4O6/c1-26-10-5-2-9(3-6-10)4-7-12-19-16(15(18)25)20-21(12)17-14(24)13(23)11(8-22)27-17/h2-3,5-6,11,13-14,17,22-24H,8H2,1H3,(H2,18,25)/t11-,13-,14-,17-/m1/s1. The van der Waals surface area contributed by atoms with Gasteiger partial charge in [-0.05, 0) is 30.2 Å². The molecule has 0 bridgehead atoms. The van der Waals surface area contributed by atoms with Crippen molar-refractivity contribution in [3.05, 3.63) is 41.5 Å². The van der Waals surface area contributed by atoms with Gasteiger partial charge in [0, 0.05) is 5.56 Å². The molecular weight excluding hydrogens is 356 g/mol. The molecule has 0 aliphatic carbocycles. The summed E-state index contributed by atoms with van der Waals surface area (Å²) >= 11 is 0. The van der Waals surface area contributed by atoms with Crippen molar-refractivity contribution in [1.82, 2.24) is 14.8 Å². The Hall–Kier alpha value is -2.97. The van der Waals surface area contributed by atoms with Crippen LogP contribution in [0.1, 0.15) is 28.2 Å². The third kappa shape index (κ3) is 3.76. The van der Waals surface area contributed by atoms with Crippen LogP contribution in [-0.4, -0.2) is 68.0 Å². The zero-order chi connectivity index (χ0) is 19.6. The number of aliphatic hydroxyl groups excluding tert-OH is 3. The number of ether oxygens (including phenoxy) is 2. The maximum Gasteiger partial charge on any atom is 0.288 e. The molecule has 142 valence electrons. The Bertz CT molecular complexity index is 885. The summed E-state index contributed by atoms with van der Waals surface area (Å²) in [7, 11) is 1.55. The number of rotatable bonds is 4. The molecule has 1 amide bonds. The number of carbonyl (C=O) groups excluding carboxylic acids is 1. The summed E-state index contributed by atoms with van der Waals surface area (Å²) in [5.41, 5.74) is 5.86. The van der Waals surface area contributed by atoms with Crippen LogP contribution in [0.3, 0.4) is 0 Å². The fraction of sp³-hybridized carbons (Fsp3) is 0.353. The maximum atomic E-state index is 11.4. The van der Waals surface area contributed by atoms with E-state index in [0.717, 1.165) is 4.68 Å². The van der Waals surface area contributed by atoms with Gasteiger partial charge in [0.25, 0.3) is 5.91 Å². The van der Waals surface area contributed by atoms with Gasteiger partial charge in [-0.1, -0.05) is 5.92 Å². The van der Waals surface area contributed by atoms with Crippen molar-refractivity contribution in [3.63, 3.8) is 0 Å². The van der Waals surface area contributed by atoms with Gasteiger partial charge in [0.2, 0.25) is 11.6 Å². The average Bonchev–Trinajstić information content (AvgIpc) is 3.22. The average molecular weight is 374 g/mol. The Balaban J connectivity index is 1.96. The van der Waals surface area contributed by atoms with Crippen LogP contribution in [0.5, 0.6) is 5.75 Å². The minimum Gasteiger partial charge on any atom is -0.497 e. The molecule has 2 heterocycles. The van der Waals surface area contributed by atoms with E-state index in [1.54, 1.807) is 31.4 Å². The van der Waals surface area contributed by atoms with Crippen molar-refractivity contribution in [2.75, 3.05) is 13.7 Å². The van der Waals surface area contributed by atoms with E-state index in [2.05, 4.69) is 21.9 Å². The fourth-order valence-corrected chi connectivity index (χ4v) is 2.57. The van der Waals surface area contributed by atoms with Gasteiger partial charge in [-0.25, -0.2) is 4.68 Å². The first-order valence-electron chi connectivity index (χ1n) is 7.99. The molecule has 0 saturated carbocycles. The summed E-state index contributed by atoms with van der Waals surface area (Å²) in [6.07, 6.45) is -4.92. The molecule has 10 nitrogen and oxygen atoms in total. The van der Waals surface area contributed by atoms with Crippen LogP contribution in [0, 0.1) is 11.8 Å². The van der Waals surface area contributed by atoms with Crippen LogP contribution in [0.4, 0.5) is 0 Å². The summed E-state index contributed by atoms with van der Waals surface area (Å²) in [6, 6.07) is 6.92. The molecule has 1 saturated heterocycles. The van der Waals surface area contributed by atoms with Gasteiger partial charge in [0.1, 0.15) is 24.1 Å². The fourth-order valence-electron chi connectivity index (χ4n) is 2.57. The van der Waals surface area contributed by atoms with Crippen LogP contribution >= 0.6 is 0 Å². The largest absolute Gasteiger partial charge is 0.497 e. The number of carbonyl (C=O) groups is 1. The second-order valence-corrected chi connectivity index (χ2v) is 5.78. The van der Waals surface area contributed by atoms with Gasteiger partial charge >= 0.3 is 0 Å². The van der Waals surface area contributed by atoms with Gasteiger partial charge in [-0.2, -0.15) is 4.98 Å². The second-order valence-electron chi connectivity index (χ2n) is 5.78. The van der Waals surface area contributed by atoms with Gasteiger partial charge in [-0.15, -0.1) is 5.10 Å². The van der Waals surface area contributed by atoms with Crippen molar-refractivity contribution < 1.29 is 29.6 Å². The molecule has 1 aliphatic heterocycles. The molecular formula is C17H18N4O6. The number of amides is 1. The first kappa shape index (κ1) is 18.8. The molecule has 0 spiro atoms. The predicted octanol–water partition coefficient (Wildman–Crippen LogP) is -1.60. The number of hydrogen-bond donors (Lipinski definition) is 4. The van der Waals surface area contributed by atoms with Crippen LogP contribution in [0.25, 0.3) is 0 Å². The Morgan fingerprint density at radius 2 is 2.00 bits per heavy atom. The molecule has 0 unspecified atom stereocenters. The minimum absolute atomic E-state index is 0.00876. The van der Waals surface area contributed by atoms with E-state index >= 15 is 0 Å². The van der Waals surface area contributed by atoms with Gasteiger partial charge in [-0.3, -0.25) is 4.79 Å². The molecule has 1 aromatic carbocycles. The Labute approximate surface area is 154 Å². The lowest BCUT2D eigenvalue weighted by molar-refractivity contribution is -0.0592. The lowest BCUT2D eigenvalue weighted by Gasteiger charge is -2.15. The van der Waals surface area contributed by atoms with E-state index in [0.29, 0.717) is 11.3 Å². The Kier molecular flexibility index (Phi) is 5.38. The van der Waals surface area contributed by atoms with Crippen molar-refractivity contribution in [1.29, 1.82) is 0 Å². The minimum atomic E-state index is -1.40. The molecule has 1 aromatic heterocycles. The summed E-state index contributed by atoms with van der Waals surface area (Å²) in [6.45, 7) is -0.501. The Morgan fingerprint density at radius 1 is 1.30 bits per heavy atom. The third-order valence-corrected chi connectivity index (χ3v) is 4.02. The first-order chi connectivity index (χ1) is 12.9. The number of nitrogens with two attached hydrogens (primary N) is 1. The van der Waals surface area contributed by atoms with Crippen LogP contribution < -0.4 is 10.5 Å². The molecule has 4 atom stereocenters. The lowest BCUT2D eigenvalue weighted by Crippen LogP contribution is -2.33. The molecule has 0 radical (unpaired) electrons. The van der Waals surface area contributed by atoms with E-state index in [9.17, 15) is 20.1 Å². The maximum absolute atomic E-state index is 11.4. The van der Waals surface area contributed by atoms with E-state index in [-0.39, 0.29) is 11.6 Å². The summed E-state index contributed by atoms with van der Waals surface area (Å²) in [5.74, 6) is 5.08. The van der Waals surface area contributed by atoms with Gasteiger partial charge in [0.05, 0.1) is 13.7 Å². The number of aromatic nitrogens is 3. The van der Waals surface area contributed by atoms with Crippen LogP contribution in [-0.2, 0) is 4.74 Å². The van der Waals surface area contributed by atoms with E-state index in [1.165, 1.54) is 0 Å². The second kappa shape index (κ2) is 7.73. The first-order valence-corrected chi connectivity index (χ1v) is 7.99. The van der Waals surface area contributed by atoms with E-state index in [1.807, 2.05) is 0 Å². The summed E-state index contributed by atoms with van der Waals surface area (Å²) in [4.78, 5) is 15.4. The third-order valence-electron chi connectivity index (χ3n) is 4.02. The molecule has 10 heteroatoms. The highest BCUT2D eigenvalue weighted by Gasteiger charge is 2.44. The van der Waals surface area contributed by atoms with Gasteiger partial charge in [0.15, 0.2) is 6.23 Å². The highest BCUT2D eigenvalue weighted by Crippen LogP contribution is 2.29. The zero-order valence-electron chi connectivity index (χ0n) is 14.3. The molecule has 3 rings (SSSR count). The normalized spacial score (nSPS) is 24.3. The zero-order valence-corrected chi connectivity index (χ0v) is 14.3. The van der Waals surface area contributed by atoms with Crippen molar-refractivity contribution in [2.24, 2.45) is 5.73 Å². The predicted molar refractivity (Wildman–Crippen MR) is 90.5 cm³/mol. The van der Waals surface area contributed by atoms with Crippen LogP contribution in [0.15, 0.2) is 24.3 Å². The molecule has 27 heavy (non-hydrogen) atoms. The number of hydrogen-bond acceptors (Lipinski definition) is 8. The molecule has 1 fully saturated rings. The quantitative estimate of drug-likeness (QED) is 0.467. The van der Waals surface area contributed by atoms with Crippen molar-refractivity contribution in [2.45, 2.75) is 24.5 Å². The topological polar surface area (TPSA) is 153 Å².